The molecule has 0 aliphatic carbocycles. The third-order valence-electron chi connectivity index (χ3n) is 6.17. The average Bonchev–Trinajstić information content (AvgIpc) is 3.52. The van der Waals surface area contributed by atoms with E-state index in [9.17, 15) is 18.0 Å². The third-order valence-corrected chi connectivity index (χ3v) is 8.20. The van der Waals surface area contributed by atoms with Crippen LogP contribution >= 0.6 is 11.6 Å². The maximum atomic E-state index is 13.0. The summed E-state index contributed by atoms with van der Waals surface area (Å²) in [6.07, 6.45) is 3.22. The quantitative estimate of drug-likeness (QED) is 0.662. The van der Waals surface area contributed by atoms with Gasteiger partial charge in [0.2, 0.25) is 15.9 Å². The number of nitrogens with zero attached hydrogens (tertiary/aromatic N) is 4. The summed E-state index contributed by atoms with van der Waals surface area (Å²) in [6.45, 7) is 3.43. The number of rotatable bonds is 6. The summed E-state index contributed by atoms with van der Waals surface area (Å²) in [6, 6.07) is 8.90. The number of aromatic amines is 1. The number of likely N-dealkylation sites (N-methyl/N-ethyl adjacent to an activating group) is 1. The zero-order valence-electron chi connectivity index (χ0n) is 18.5. The zero-order chi connectivity index (χ0) is 23.6. The van der Waals surface area contributed by atoms with E-state index in [4.69, 9.17) is 11.6 Å². The maximum absolute atomic E-state index is 13.0. The van der Waals surface area contributed by atoms with Gasteiger partial charge in [0.25, 0.3) is 5.91 Å². The maximum Gasteiger partial charge on any atom is 0.270 e. The van der Waals surface area contributed by atoms with E-state index in [1.165, 1.54) is 19.3 Å². The van der Waals surface area contributed by atoms with E-state index in [-0.39, 0.29) is 28.9 Å². The van der Waals surface area contributed by atoms with Gasteiger partial charge in [-0.2, -0.15) is 4.31 Å². The van der Waals surface area contributed by atoms with Crippen molar-refractivity contribution >= 4 is 39.1 Å². The molecule has 3 heterocycles. The van der Waals surface area contributed by atoms with Crippen LogP contribution < -0.4 is 4.90 Å². The predicted molar refractivity (Wildman–Crippen MR) is 126 cm³/mol. The van der Waals surface area contributed by atoms with E-state index in [0.717, 1.165) is 22.8 Å². The fraction of sp³-hybridized carbons (Fsp3) is 0.455. The van der Waals surface area contributed by atoms with E-state index >= 15 is 0 Å². The van der Waals surface area contributed by atoms with E-state index in [1.807, 2.05) is 24.3 Å². The van der Waals surface area contributed by atoms with Gasteiger partial charge in [-0.25, -0.2) is 8.42 Å². The van der Waals surface area contributed by atoms with Crippen LogP contribution in [0.15, 0.2) is 41.4 Å². The first-order valence-corrected chi connectivity index (χ1v) is 12.8. The molecule has 2 amide bonds. The summed E-state index contributed by atoms with van der Waals surface area (Å²) >= 11 is 5.95. The lowest BCUT2D eigenvalue weighted by atomic mass is 10.2. The van der Waals surface area contributed by atoms with Crippen LogP contribution in [0, 0.1) is 0 Å². The van der Waals surface area contributed by atoms with Gasteiger partial charge in [0.15, 0.2) is 0 Å². The van der Waals surface area contributed by atoms with Crippen LogP contribution in [-0.2, 0) is 14.8 Å². The minimum absolute atomic E-state index is 0.0205. The molecule has 33 heavy (non-hydrogen) atoms. The number of H-pyrrole nitrogens is 1. The van der Waals surface area contributed by atoms with Gasteiger partial charge in [0, 0.05) is 63.2 Å². The SMILES string of the molecule is CN(CC(=O)N1CCN(c2ccc(Cl)cc2)CC1)S(=O)(=O)c1c[nH]c(C(=O)N2CCCC2)c1. The van der Waals surface area contributed by atoms with Crippen molar-refractivity contribution in [2.75, 3.05) is 57.8 Å². The molecule has 2 fully saturated rings. The van der Waals surface area contributed by atoms with Crippen LogP contribution in [-0.4, -0.2) is 92.2 Å². The van der Waals surface area contributed by atoms with Gasteiger partial charge >= 0.3 is 0 Å². The molecule has 1 N–H and O–H groups in total. The Balaban J connectivity index is 1.33. The Kier molecular flexibility index (Phi) is 6.96. The Morgan fingerprint density at radius 1 is 1.00 bits per heavy atom. The highest BCUT2D eigenvalue weighted by Gasteiger charge is 2.29. The molecule has 0 unspecified atom stereocenters. The summed E-state index contributed by atoms with van der Waals surface area (Å²) in [5.74, 6) is -0.452. The van der Waals surface area contributed by atoms with Gasteiger partial charge in [0.05, 0.1) is 6.54 Å². The van der Waals surface area contributed by atoms with Crippen molar-refractivity contribution < 1.29 is 18.0 Å². The van der Waals surface area contributed by atoms with Crippen molar-refractivity contribution in [3.05, 3.63) is 47.2 Å². The van der Waals surface area contributed by atoms with E-state index in [2.05, 4.69) is 9.88 Å². The Hall–Kier alpha value is -2.56. The summed E-state index contributed by atoms with van der Waals surface area (Å²) in [7, 11) is -2.52. The highest BCUT2D eigenvalue weighted by molar-refractivity contribution is 7.89. The first-order valence-electron chi connectivity index (χ1n) is 11.0. The highest BCUT2D eigenvalue weighted by atomic mass is 35.5. The number of aromatic nitrogens is 1. The third kappa shape index (κ3) is 5.18. The lowest BCUT2D eigenvalue weighted by molar-refractivity contribution is -0.131. The number of hydrogen-bond acceptors (Lipinski definition) is 5. The van der Waals surface area contributed by atoms with Gasteiger partial charge < -0.3 is 19.7 Å². The molecule has 178 valence electrons. The molecule has 0 bridgehead atoms. The standard InChI is InChI=1S/C22H28ClN5O4S/c1-25(33(31,32)19-14-20(24-15-19)22(30)28-8-2-3-9-28)16-21(29)27-12-10-26(11-13-27)18-6-4-17(23)5-7-18/h4-7,14-15,24H,2-3,8-13,16H2,1H3. The number of amides is 2. The molecule has 1 aromatic carbocycles. The number of likely N-dealkylation sites (tertiary alicyclic amines) is 1. The second-order valence-corrected chi connectivity index (χ2v) is 10.8. The Labute approximate surface area is 198 Å². The van der Waals surface area contributed by atoms with Gasteiger partial charge in [0.1, 0.15) is 10.6 Å². The van der Waals surface area contributed by atoms with Crippen LogP contribution in [0.1, 0.15) is 23.3 Å². The summed E-state index contributed by atoms with van der Waals surface area (Å²) < 4.78 is 27.0. The fourth-order valence-corrected chi connectivity index (χ4v) is 5.40. The van der Waals surface area contributed by atoms with E-state index in [1.54, 1.807) is 9.80 Å². The smallest absolute Gasteiger partial charge is 0.270 e. The first kappa shape index (κ1) is 23.6. The van der Waals surface area contributed by atoms with Crippen molar-refractivity contribution in [3.8, 4) is 0 Å². The molecule has 2 aromatic rings. The normalized spacial score (nSPS) is 17.1. The van der Waals surface area contributed by atoms with Crippen molar-refractivity contribution in [1.82, 2.24) is 19.1 Å². The molecule has 4 rings (SSSR count). The minimum atomic E-state index is -3.91. The first-order chi connectivity index (χ1) is 15.8. The highest BCUT2D eigenvalue weighted by Crippen LogP contribution is 2.21. The molecule has 0 radical (unpaired) electrons. The number of piperazine rings is 1. The van der Waals surface area contributed by atoms with Crippen molar-refractivity contribution in [3.63, 3.8) is 0 Å². The molecule has 9 nitrogen and oxygen atoms in total. The van der Waals surface area contributed by atoms with E-state index in [0.29, 0.717) is 44.3 Å². The molecule has 0 atom stereocenters. The minimum Gasteiger partial charge on any atom is -0.368 e. The predicted octanol–water partition coefficient (Wildman–Crippen LogP) is 1.87. The monoisotopic (exact) mass is 493 g/mol. The van der Waals surface area contributed by atoms with Crippen molar-refractivity contribution in [2.45, 2.75) is 17.7 Å². The zero-order valence-corrected chi connectivity index (χ0v) is 20.1. The number of nitrogens with one attached hydrogen (secondary N) is 1. The second-order valence-electron chi connectivity index (χ2n) is 8.35. The molecular formula is C22H28ClN5O4S. The van der Waals surface area contributed by atoms with Gasteiger partial charge in [-0.15, -0.1) is 0 Å². The fourth-order valence-electron chi connectivity index (χ4n) is 4.16. The number of carbonyl (C=O) groups excluding carboxylic acids is 2. The van der Waals surface area contributed by atoms with Crippen LogP contribution in [0.2, 0.25) is 5.02 Å². The number of sulfonamides is 1. The lowest BCUT2D eigenvalue weighted by Gasteiger charge is -2.36. The number of anilines is 1. The number of benzene rings is 1. The summed E-state index contributed by atoms with van der Waals surface area (Å²) in [5.41, 5.74) is 1.28. The number of halogens is 1. The number of hydrogen-bond donors (Lipinski definition) is 1. The van der Waals surface area contributed by atoms with Crippen molar-refractivity contribution in [2.24, 2.45) is 0 Å². The van der Waals surface area contributed by atoms with Crippen LogP contribution in [0.5, 0.6) is 0 Å². The summed E-state index contributed by atoms with van der Waals surface area (Å²) in [5, 5.41) is 0.673. The van der Waals surface area contributed by atoms with Crippen LogP contribution in [0.4, 0.5) is 5.69 Å². The molecule has 2 saturated heterocycles. The molecule has 2 aliphatic rings. The summed E-state index contributed by atoms with van der Waals surface area (Å²) in [4.78, 5) is 33.6. The molecular weight excluding hydrogens is 466 g/mol. The Morgan fingerprint density at radius 2 is 1.64 bits per heavy atom. The van der Waals surface area contributed by atoms with Crippen LogP contribution in [0.3, 0.4) is 0 Å². The number of carbonyl (C=O) groups is 2. The van der Waals surface area contributed by atoms with E-state index < -0.39 is 10.0 Å². The molecule has 11 heteroatoms. The average molecular weight is 494 g/mol. The second kappa shape index (κ2) is 9.74. The van der Waals surface area contributed by atoms with Crippen molar-refractivity contribution in [1.29, 1.82) is 0 Å². The molecule has 1 aromatic heterocycles. The van der Waals surface area contributed by atoms with Gasteiger partial charge in [-0.05, 0) is 43.2 Å². The van der Waals surface area contributed by atoms with Crippen LogP contribution in [0.25, 0.3) is 0 Å². The molecule has 2 aliphatic heterocycles. The lowest BCUT2D eigenvalue weighted by Crippen LogP contribution is -2.51. The molecule has 0 spiro atoms. The van der Waals surface area contributed by atoms with Gasteiger partial charge in [-0.1, -0.05) is 11.6 Å². The Morgan fingerprint density at radius 3 is 2.27 bits per heavy atom. The van der Waals surface area contributed by atoms with Gasteiger partial charge in [-0.3, -0.25) is 9.59 Å². The largest absolute Gasteiger partial charge is 0.368 e. The topological polar surface area (TPSA) is 97.0 Å². The Bertz CT molecular complexity index is 1100. The molecule has 0 saturated carbocycles.